The van der Waals surface area contributed by atoms with Crippen molar-refractivity contribution in [2.75, 3.05) is 4.90 Å². The molecule has 0 spiro atoms. The molecule has 154 valence electrons. The molecule has 2 saturated carbocycles. The minimum atomic E-state index is -0.555. The third-order valence-electron chi connectivity index (χ3n) is 7.25. The first-order chi connectivity index (χ1) is 15.1. The number of benzene rings is 2. The van der Waals surface area contributed by atoms with Crippen molar-refractivity contribution in [2.45, 2.75) is 6.42 Å². The lowest BCUT2D eigenvalue weighted by molar-refractivity contribution is -0.124. The van der Waals surface area contributed by atoms with Crippen molar-refractivity contribution < 1.29 is 23.9 Å². The Morgan fingerprint density at radius 1 is 0.871 bits per heavy atom. The smallest absolute Gasteiger partial charge is 0.343 e. The highest BCUT2D eigenvalue weighted by atomic mass is 16.5. The maximum Gasteiger partial charge on any atom is 0.343 e. The number of rotatable bonds is 4. The van der Waals surface area contributed by atoms with Crippen molar-refractivity contribution in [3.05, 3.63) is 71.8 Å². The summed E-state index contributed by atoms with van der Waals surface area (Å²) in [6, 6.07) is 12.6. The average molecular weight is 413 g/mol. The zero-order chi connectivity index (χ0) is 21.3. The summed E-state index contributed by atoms with van der Waals surface area (Å²) >= 11 is 0. The number of carbonyl (C=O) groups is 4. The molecule has 4 aliphatic carbocycles. The molecular weight excluding hydrogens is 394 g/mol. The van der Waals surface area contributed by atoms with Crippen LogP contribution in [0.1, 0.15) is 27.1 Å². The maximum atomic E-state index is 13.2. The minimum Gasteiger partial charge on any atom is -0.423 e. The predicted molar refractivity (Wildman–Crippen MR) is 110 cm³/mol. The lowest BCUT2D eigenvalue weighted by Gasteiger charge is -2.37. The lowest BCUT2D eigenvalue weighted by atomic mass is 9.63. The Kier molecular flexibility index (Phi) is 3.81. The highest BCUT2D eigenvalue weighted by Crippen LogP contribution is 2.65. The molecule has 2 amide bonds. The van der Waals surface area contributed by atoms with Crippen molar-refractivity contribution in [2.24, 2.45) is 35.5 Å². The summed E-state index contributed by atoms with van der Waals surface area (Å²) < 4.78 is 5.33. The number of nitrogens with zero attached hydrogens (tertiary/aromatic N) is 1. The van der Waals surface area contributed by atoms with Gasteiger partial charge in [0.15, 0.2) is 0 Å². The van der Waals surface area contributed by atoms with Crippen LogP contribution in [0.5, 0.6) is 5.75 Å². The van der Waals surface area contributed by atoms with Crippen molar-refractivity contribution in [3.8, 4) is 5.75 Å². The Labute approximate surface area is 178 Å². The van der Waals surface area contributed by atoms with Gasteiger partial charge >= 0.3 is 5.97 Å². The fourth-order valence-electron chi connectivity index (χ4n) is 5.74. The SMILES string of the molecule is O=Cc1ccc(OC(=O)c2ccc(N3C(=O)[C@@H]4[C@H]5C=C[C@@H]([C@@H]6C[C@H]56)[C@@H]4C3=O)cc2)cc1. The van der Waals surface area contributed by atoms with Crippen LogP contribution >= 0.6 is 0 Å². The summed E-state index contributed by atoms with van der Waals surface area (Å²) in [4.78, 5) is 50.8. The lowest BCUT2D eigenvalue weighted by Crippen LogP contribution is -2.40. The number of anilines is 1. The van der Waals surface area contributed by atoms with Crippen molar-refractivity contribution in [3.63, 3.8) is 0 Å². The first kappa shape index (κ1) is 18.2. The van der Waals surface area contributed by atoms with E-state index in [1.165, 1.54) is 4.90 Å². The number of aldehydes is 1. The zero-order valence-electron chi connectivity index (χ0n) is 16.5. The van der Waals surface area contributed by atoms with Crippen LogP contribution in [0, 0.1) is 35.5 Å². The third kappa shape index (κ3) is 2.64. The van der Waals surface area contributed by atoms with E-state index in [9.17, 15) is 19.2 Å². The molecule has 0 unspecified atom stereocenters. The average Bonchev–Trinajstić information content (AvgIpc) is 3.58. The molecule has 0 N–H and O–H groups in total. The van der Waals surface area contributed by atoms with E-state index < -0.39 is 5.97 Å². The molecule has 31 heavy (non-hydrogen) atoms. The summed E-state index contributed by atoms with van der Waals surface area (Å²) in [7, 11) is 0. The first-order valence-electron chi connectivity index (χ1n) is 10.5. The Morgan fingerprint density at radius 2 is 1.45 bits per heavy atom. The number of imide groups is 1. The molecule has 3 fully saturated rings. The number of carbonyl (C=O) groups excluding carboxylic acids is 4. The molecule has 1 heterocycles. The van der Waals surface area contributed by atoms with Crippen LogP contribution in [0.3, 0.4) is 0 Å². The first-order valence-corrected chi connectivity index (χ1v) is 10.5. The molecule has 5 aliphatic rings. The fourth-order valence-corrected chi connectivity index (χ4v) is 5.74. The van der Waals surface area contributed by atoms with Crippen LogP contribution in [-0.2, 0) is 9.59 Å². The van der Waals surface area contributed by atoms with Gasteiger partial charge in [0, 0.05) is 5.56 Å². The van der Waals surface area contributed by atoms with Gasteiger partial charge in [0.25, 0.3) is 0 Å². The van der Waals surface area contributed by atoms with E-state index in [2.05, 4.69) is 12.2 Å². The zero-order valence-corrected chi connectivity index (χ0v) is 16.5. The van der Waals surface area contributed by atoms with E-state index in [0.29, 0.717) is 40.7 Å². The molecule has 2 bridgehead atoms. The van der Waals surface area contributed by atoms with E-state index in [1.54, 1.807) is 48.5 Å². The van der Waals surface area contributed by atoms with Gasteiger partial charge in [0.1, 0.15) is 12.0 Å². The molecule has 2 aromatic rings. The highest BCUT2D eigenvalue weighted by molar-refractivity contribution is 6.22. The Bertz CT molecular complexity index is 1110. The van der Waals surface area contributed by atoms with E-state index in [1.807, 2.05) is 0 Å². The minimum absolute atomic E-state index is 0.120. The van der Waals surface area contributed by atoms with Crippen LogP contribution in [0.2, 0.25) is 0 Å². The van der Waals surface area contributed by atoms with Gasteiger partial charge in [0.05, 0.1) is 23.1 Å². The van der Waals surface area contributed by atoms with Crippen LogP contribution in [0.15, 0.2) is 60.7 Å². The summed E-state index contributed by atoms with van der Waals surface area (Å²) in [5.41, 5.74) is 1.29. The number of esters is 1. The third-order valence-corrected chi connectivity index (χ3v) is 7.25. The molecule has 1 saturated heterocycles. The van der Waals surface area contributed by atoms with Gasteiger partial charge in [-0.15, -0.1) is 0 Å². The van der Waals surface area contributed by atoms with Gasteiger partial charge < -0.3 is 4.74 Å². The quantitative estimate of drug-likeness (QED) is 0.253. The molecule has 0 aromatic heterocycles. The van der Waals surface area contributed by atoms with Gasteiger partial charge in [-0.2, -0.15) is 0 Å². The van der Waals surface area contributed by atoms with Crippen LogP contribution in [0.4, 0.5) is 5.69 Å². The number of allylic oxidation sites excluding steroid dienone is 2. The Hall–Kier alpha value is -3.54. The van der Waals surface area contributed by atoms with E-state index in [0.717, 1.165) is 6.42 Å². The number of hydrogen-bond donors (Lipinski definition) is 0. The molecule has 1 aliphatic heterocycles. The summed E-state index contributed by atoms with van der Waals surface area (Å²) in [5.74, 6) is 0.528. The molecule has 7 rings (SSSR count). The van der Waals surface area contributed by atoms with Crippen LogP contribution < -0.4 is 9.64 Å². The van der Waals surface area contributed by atoms with Gasteiger partial charge in [-0.1, -0.05) is 12.2 Å². The van der Waals surface area contributed by atoms with E-state index >= 15 is 0 Å². The highest BCUT2D eigenvalue weighted by Gasteiger charge is 2.67. The molecule has 2 aromatic carbocycles. The number of amides is 2. The van der Waals surface area contributed by atoms with E-state index in [-0.39, 0.29) is 35.5 Å². The van der Waals surface area contributed by atoms with Gasteiger partial charge in [-0.05, 0) is 78.6 Å². The van der Waals surface area contributed by atoms with E-state index in [4.69, 9.17) is 4.74 Å². The monoisotopic (exact) mass is 413 g/mol. The maximum absolute atomic E-state index is 13.2. The second-order valence-corrected chi connectivity index (χ2v) is 8.79. The van der Waals surface area contributed by atoms with Crippen molar-refractivity contribution in [1.29, 1.82) is 0 Å². The van der Waals surface area contributed by atoms with Gasteiger partial charge in [-0.3, -0.25) is 19.3 Å². The Morgan fingerprint density at radius 3 is 2.00 bits per heavy atom. The second kappa shape index (κ2) is 6.48. The van der Waals surface area contributed by atoms with Crippen LogP contribution in [0.25, 0.3) is 0 Å². The van der Waals surface area contributed by atoms with Crippen LogP contribution in [-0.4, -0.2) is 24.1 Å². The molecule has 0 radical (unpaired) electrons. The molecule has 6 heteroatoms. The molecular formula is C25H19NO5. The number of hydrogen-bond acceptors (Lipinski definition) is 5. The Balaban J connectivity index is 1.21. The number of ether oxygens (including phenoxy) is 1. The summed E-state index contributed by atoms with van der Waals surface area (Å²) in [5, 5.41) is 0. The molecule has 6 atom stereocenters. The fraction of sp³-hybridized carbons (Fsp3) is 0.280. The standard InChI is InChI=1S/C25H19NO5/c27-12-13-1-7-16(8-2-13)31-25(30)14-3-5-15(6-4-14)26-23(28)21-17-9-10-18(20-11-19(17)20)22(21)24(26)29/h1-10,12,17-22H,11H2/t17-,18-,19-,20+,21-,22+/m0/s1. The second-order valence-electron chi connectivity index (χ2n) is 8.79. The topological polar surface area (TPSA) is 80.8 Å². The summed E-state index contributed by atoms with van der Waals surface area (Å²) in [6.07, 6.45) is 6.14. The molecule has 6 nitrogen and oxygen atoms in total. The van der Waals surface area contributed by atoms with Gasteiger partial charge in [-0.25, -0.2) is 4.79 Å². The van der Waals surface area contributed by atoms with Crippen molar-refractivity contribution in [1.82, 2.24) is 0 Å². The van der Waals surface area contributed by atoms with Gasteiger partial charge in [0.2, 0.25) is 11.8 Å². The largest absolute Gasteiger partial charge is 0.423 e. The summed E-state index contributed by atoms with van der Waals surface area (Å²) in [6.45, 7) is 0. The predicted octanol–water partition coefficient (Wildman–Crippen LogP) is 3.28. The normalized spacial score (nSPS) is 31.9. The van der Waals surface area contributed by atoms with Crippen molar-refractivity contribution >= 4 is 29.8 Å².